The molecule has 3 aromatic rings. The Morgan fingerprint density at radius 3 is 2.23 bits per heavy atom. The summed E-state index contributed by atoms with van der Waals surface area (Å²) in [6.45, 7) is 5.81. The highest BCUT2D eigenvalue weighted by Crippen LogP contribution is 2.26. The van der Waals surface area contributed by atoms with Gasteiger partial charge in [-0.2, -0.15) is 0 Å². The Bertz CT molecular complexity index is 1400. The maximum Gasteiger partial charge on any atom is 0.244 e. The molecule has 1 atom stereocenters. The molecule has 1 N–H and O–H groups in total. The summed E-state index contributed by atoms with van der Waals surface area (Å²) in [6.07, 6.45) is 2.09. The third-order valence-corrected chi connectivity index (χ3v) is 7.89. The van der Waals surface area contributed by atoms with Crippen LogP contribution in [0.15, 0.2) is 72.8 Å². The second-order valence-electron chi connectivity index (χ2n) is 9.65. The fourth-order valence-electron chi connectivity index (χ4n) is 4.38. The van der Waals surface area contributed by atoms with Crippen molar-refractivity contribution in [2.24, 2.45) is 0 Å². The normalized spacial score (nSPS) is 12.0. The molecule has 0 saturated heterocycles. The molecule has 0 radical (unpaired) electrons. The van der Waals surface area contributed by atoms with Crippen molar-refractivity contribution < 1.29 is 18.0 Å². The SMILES string of the molecule is CCCNC(=O)C(Cc1ccccc1)N(Cc1ccccc1C)C(=O)CN(c1ccc(Cl)cc1C)S(C)(=O)=O. The first-order chi connectivity index (χ1) is 18.5. The summed E-state index contributed by atoms with van der Waals surface area (Å²) in [4.78, 5) is 29.1. The number of nitrogens with zero attached hydrogens (tertiary/aromatic N) is 2. The number of halogens is 1. The molecule has 3 aromatic carbocycles. The van der Waals surface area contributed by atoms with Crippen LogP contribution in [0.3, 0.4) is 0 Å². The molecule has 0 aliphatic carbocycles. The van der Waals surface area contributed by atoms with Crippen molar-refractivity contribution in [1.82, 2.24) is 10.2 Å². The van der Waals surface area contributed by atoms with E-state index in [0.29, 0.717) is 22.8 Å². The average Bonchev–Trinajstić information content (AvgIpc) is 2.89. The highest BCUT2D eigenvalue weighted by molar-refractivity contribution is 7.92. The summed E-state index contributed by atoms with van der Waals surface area (Å²) in [5.41, 5.74) is 3.72. The Labute approximate surface area is 236 Å². The summed E-state index contributed by atoms with van der Waals surface area (Å²) in [5.74, 6) is -0.762. The minimum absolute atomic E-state index is 0.153. The zero-order chi connectivity index (χ0) is 28.6. The van der Waals surface area contributed by atoms with E-state index in [2.05, 4.69) is 5.32 Å². The van der Waals surface area contributed by atoms with Crippen LogP contribution in [0.2, 0.25) is 5.02 Å². The number of carbonyl (C=O) groups is 2. The van der Waals surface area contributed by atoms with Gasteiger partial charge in [-0.3, -0.25) is 13.9 Å². The van der Waals surface area contributed by atoms with E-state index in [4.69, 9.17) is 11.6 Å². The molecule has 0 aromatic heterocycles. The third-order valence-electron chi connectivity index (χ3n) is 6.53. The second kappa shape index (κ2) is 13.6. The molecule has 0 saturated carbocycles. The molecule has 2 amide bonds. The molecular weight excluding hydrogens is 534 g/mol. The zero-order valence-electron chi connectivity index (χ0n) is 22.9. The van der Waals surface area contributed by atoms with Gasteiger partial charge in [0, 0.05) is 24.5 Å². The average molecular weight is 570 g/mol. The molecule has 3 rings (SSSR count). The molecule has 0 bridgehead atoms. The summed E-state index contributed by atoms with van der Waals surface area (Å²) >= 11 is 6.10. The number of sulfonamides is 1. The van der Waals surface area contributed by atoms with Gasteiger partial charge in [0.15, 0.2) is 0 Å². The number of nitrogens with one attached hydrogen (secondary N) is 1. The standard InChI is InChI=1S/C30H36ClN3O4S/c1-5-17-32-30(36)28(19-24-12-7-6-8-13-24)33(20-25-14-10-9-11-22(25)2)29(35)21-34(39(4,37)38)27-16-15-26(31)18-23(27)3/h6-16,18,28H,5,17,19-21H2,1-4H3,(H,32,36). The molecule has 9 heteroatoms. The highest BCUT2D eigenvalue weighted by atomic mass is 35.5. The molecule has 0 heterocycles. The topological polar surface area (TPSA) is 86.8 Å². The maximum absolute atomic E-state index is 14.1. The van der Waals surface area contributed by atoms with E-state index in [9.17, 15) is 18.0 Å². The minimum atomic E-state index is -3.84. The van der Waals surface area contributed by atoms with Crippen LogP contribution in [-0.4, -0.2) is 50.5 Å². The van der Waals surface area contributed by atoms with Gasteiger partial charge in [-0.1, -0.05) is 73.1 Å². The third kappa shape index (κ3) is 8.31. The van der Waals surface area contributed by atoms with E-state index in [1.807, 2.05) is 68.4 Å². The zero-order valence-corrected chi connectivity index (χ0v) is 24.4. The van der Waals surface area contributed by atoms with Crippen LogP contribution >= 0.6 is 11.6 Å². The van der Waals surface area contributed by atoms with Crippen molar-refractivity contribution in [3.05, 3.63) is 100 Å². The van der Waals surface area contributed by atoms with Crippen LogP contribution in [0.5, 0.6) is 0 Å². The van der Waals surface area contributed by atoms with E-state index in [1.165, 1.54) is 4.90 Å². The molecule has 39 heavy (non-hydrogen) atoms. The van der Waals surface area contributed by atoms with Crippen LogP contribution in [0.4, 0.5) is 5.69 Å². The molecule has 1 unspecified atom stereocenters. The Balaban J connectivity index is 2.07. The Morgan fingerprint density at radius 1 is 0.949 bits per heavy atom. The largest absolute Gasteiger partial charge is 0.354 e. The molecule has 7 nitrogen and oxygen atoms in total. The van der Waals surface area contributed by atoms with Crippen LogP contribution in [0, 0.1) is 13.8 Å². The summed E-state index contributed by atoms with van der Waals surface area (Å²) in [6, 6.07) is 21.1. The van der Waals surface area contributed by atoms with Gasteiger partial charge < -0.3 is 10.2 Å². The van der Waals surface area contributed by atoms with Crippen LogP contribution in [0.1, 0.15) is 35.6 Å². The van der Waals surface area contributed by atoms with Crippen molar-refractivity contribution in [3.8, 4) is 0 Å². The molecule has 208 valence electrons. The van der Waals surface area contributed by atoms with Crippen molar-refractivity contribution in [3.63, 3.8) is 0 Å². The first-order valence-electron chi connectivity index (χ1n) is 12.9. The first-order valence-corrected chi connectivity index (χ1v) is 15.1. The van der Waals surface area contributed by atoms with Gasteiger partial charge in [-0.05, 0) is 60.7 Å². The molecule has 0 spiro atoms. The van der Waals surface area contributed by atoms with E-state index in [0.717, 1.165) is 33.7 Å². The Hall–Kier alpha value is -3.36. The van der Waals surface area contributed by atoms with Gasteiger partial charge >= 0.3 is 0 Å². The summed E-state index contributed by atoms with van der Waals surface area (Å²) in [5, 5.41) is 3.41. The number of anilines is 1. The molecule has 0 aliphatic heterocycles. The van der Waals surface area contributed by atoms with Crippen molar-refractivity contribution in [2.45, 2.75) is 46.2 Å². The quantitative estimate of drug-likeness (QED) is 0.336. The molecule has 0 fully saturated rings. The number of hydrogen-bond acceptors (Lipinski definition) is 4. The van der Waals surface area contributed by atoms with Crippen LogP contribution in [-0.2, 0) is 32.6 Å². The van der Waals surface area contributed by atoms with Gasteiger partial charge in [0.25, 0.3) is 0 Å². The Morgan fingerprint density at radius 2 is 1.62 bits per heavy atom. The lowest BCUT2D eigenvalue weighted by atomic mass is 10.0. The smallest absolute Gasteiger partial charge is 0.244 e. The minimum Gasteiger partial charge on any atom is -0.354 e. The summed E-state index contributed by atoms with van der Waals surface area (Å²) < 4.78 is 26.9. The monoisotopic (exact) mass is 569 g/mol. The van der Waals surface area contributed by atoms with Gasteiger partial charge in [-0.25, -0.2) is 8.42 Å². The summed E-state index contributed by atoms with van der Waals surface area (Å²) in [7, 11) is -3.84. The predicted octanol–water partition coefficient (Wildman–Crippen LogP) is 4.89. The van der Waals surface area contributed by atoms with Gasteiger partial charge in [0.05, 0.1) is 11.9 Å². The molecule has 0 aliphatic rings. The van der Waals surface area contributed by atoms with Crippen LogP contribution in [0.25, 0.3) is 0 Å². The second-order valence-corrected chi connectivity index (χ2v) is 12.0. The number of benzene rings is 3. The lowest BCUT2D eigenvalue weighted by molar-refractivity contribution is -0.140. The maximum atomic E-state index is 14.1. The first kappa shape index (κ1) is 30.2. The van der Waals surface area contributed by atoms with E-state index in [-0.39, 0.29) is 18.9 Å². The van der Waals surface area contributed by atoms with Crippen LogP contribution < -0.4 is 9.62 Å². The van der Waals surface area contributed by atoms with E-state index < -0.39 is 28.5 Å². The molecular formula is C30H36ClN3O4S. The highest BCUT2D eigenvalue weighted by Gasteiger charge is 2.33. The van der Waals surface area contributed by atoms with Gasteiger partial charge in [0.2, 0.25) is 21.8 Å². The fourth-order valence-corrected chi connectivity index (χ4v) is 5.52. The van der Waals surface area contributed by atoms with Gasteiger partial charge in [0.1, 0.15) is 12.6 Å². The van der Waals surface area contributed by atoms with E-state index >= 15 is 0 Å². The van der Waals surface area contributed by atoms with E-state index in [1.54, 1.807) is 25.1 Å². The predicted molar refractivity (Wildman–Crippen MR) is 157 cm³/mol. The van der Waals surface area contributed by atoms with Gasteiger partial charge in [-0.15, -0.1) is 0 Å². The fraction of sp³-hybridized carbons (Fsp3) is 0.333. The number of aryl methyl sites for hydroxylation is 2. The number of hydrogen-bond donors (Lipinski definition) is 1. The van der Waals surface area contributed by atoms with Crippen molar-refractivity contribution >= 4 is 39.1 Å². The Kier molecular flexibility index (Phi) is 10.5. The number of amides is 2. The number of carbonyl (C=O) groups excluding carboxylic acids is 2. The van der Waals surface area contributed by atoms with Crippen molar-refractivity contribution in [2.75, 3.05) is 23.7 Å². The lowest BCUT2D eigenvalue weighted by Gasteiger charge is -2.34. The lowest BCUT2D eigenvalue weighted by Crippen LogP contribution is -2.53. The number of rotatable bonds is 12. The van der Waals surface area contributed by atoms with Crippen molar-refractivity contribution in [1.29, 1.82) is 0 Å².